The molecule has 1 saturated carbocycles. The Morgan fingerprint density at radius 3 is 2.24 bits per heavy atom. The molecule has 1 amide bonds. The first kappa shape index (κ1) is 21.7. The lowest BCUT2D eigenvalue weighted by Crippen LogP contribution is -2.41. The van der Waals surface area contributed by atoms with Crippen molar-refractivity contribution < 1.29 is 29.3 Å². The van der Waals surface area contributed by atoms with E-state index in [0.717, 1.165) is 12.8 Å². The van der Waals surface area contributed by atoms with Crippen LogP contribution in [-0.2, 0) is 14.3 Å². The van der Waals surface area contributed by atoms with E-state index in [1.54, 1.807) is 20.8 Å². The van der Waals surface area contributed by atoms with Crippen molar-refractivity contribution in [1.29, 1.82) is 0 Å². The first-order chi connectivity index (χ1) is 11.7. The Kier molecular flexibility index (Phi) is 8.65. The Morgan fingerprint density at radius 2 is 1.76 bits per heavy atom. The molecule has 0 aromatic rings. The first-order valence-corrected chi connectivity index (χ1v) is 9.04. The molecule has 0 aromatic carbocycles. The van der Waals surface area contributed by atoms with Gasteiger partial charge < -0.3 is 24.6 Å². The number of carbonyl (C=O) groups excluding carboxylic acids is 2. The van der Waals surface area contributed by atoms with Gasteiger partial charge in [-0.1, -0.05) is 19.3 Å². The predicted molar refractivity (Wildman–Crippen MR) is 93.0 cm³/mol. The molecule has 2 rings (SSSR count). The van der Waals surface area contributed by atoms with Crippen LogP contribution in [0.25, 0.3) is 0 Å². The highest BCUT2D eigenvalue weighted by molar-refractivity contribution is 5.72. The topological polar surface area (TPSA) is 96.3 Å². The van der Waals surface area contributed by atoms with E-state index in [0.29, 0.717) is 6.42 Å². The molecule has 2 atom stereocenters. The lowest BCUT2D eigenvalue weighted by Gasteiger charge is -2.27. The summed E-state index contributed by atoms with van der Waals surface area (Å²) in [6.07, 6.45) is 5.12. The minimum atomic E-state index is -0.560. The van der Waals surface area contributed by atoms with Gasteiger partial charge in [0.2, 0.25) is 0 Å². The van der Waals surface area contributed by atoms with Gasteiger partial charge in [-0.2, -0.15) is 0 Å². The number of hydrogen-bond donors (Lipinski definition) is 2. The second-order valence-corrected chi connectivity index (χ2v) is 7.72. The fourth-order valence-corrected chi connectivity index (χ4v) is 3.11. The van der Waals surface area contributed by atoms with Gasteiger partial charge in [-0.3, -0.25) is 4.79 Å². The Labute approximate surface area is 150 Å². The molecule has 2 aliphatic rings. The van der Waals surface area contributed by atoms with Crippen LogP contribution >= 0.6 is 0 Å². The second-order valence-electron chi connectivity index (χ2n) is 7.72. The predicted octanol–water partition coefficient (Wildman–Crippen LogP) is 2.09. The van der Waals surface area contributed by atoms with Crippen LogP contribution < -0.4 is 0 Å². The van der Waals surface area contributed by atoms with Crippen LogP contribution in [0.4, 0.5) is 4.79 Å². The van der Waals surface area contributed by atoms with E-state index in [1.165, 1.54) is 31.3 Å². The van der Waals surface area contributed by atoms with Gasteiger partial charge in [0.15, 0.2) is 0 Å². The number of esters is 1. The summed E-state index contributed by atoms with van der Waals surface area (Å²) in [5, 5.41) is 18.4. The van der Waals surface area contributed by atoms with E-state index in [2.05, 4.69) is 4.74 Å². The van der Waals surface area contributed by atoms with Gasteiger partial charge in [0.1, 0.15) is 5.60 Å². The number of likely N-dealkylation sites (tertiary alicyclic amines) is 1. The van der Waals surface area contributed by atoms with E-state index in [1.807, 2.05) is 0 Å². The second kappa shape index (κ2) is 9.97. The summed E-state index contributed by atoms with van der Waals surface area (Å²) in [6, 6.07) is -0.324. The third-order valence-electron chi connectivity index (χ3n) is 4.37. The highest BCUT2D eigenvalue weighted by atomic mass is 16.6. The number of aliphatic hydroxyl groups is 2. The number of nitrogens with zero attached hydrogens (tertiary/aromatic N) is 1. The summed E-state index contributed by atoms with van der Waals surface area (Å²) in [7, 11) is 1.47. The number of methoxy groups -OCH3 is 1. The quantitative estimate of drug-likeness (QED) is 0.733. The van der Waals surface area contributed by atoms with Crippen LogP contribution in [0.2, 0.25) is 0 Å². The molecule has 1 aliphatic heterocycles. The monoisotopic (exact) mass is 359 g/mol. The highest BCUT2D eigenvalue weighted by Gasteiger charge is 2.36. The van der Waals surface area contributed by atoms with E-state index >= 15 is 0 Å². The summed E-state index contributed by atoms with van der Waals surface area (Å²) in [6.45, 7) is 5.44. The zero-order valence-electron chi connectivity index (χ0n) is 15.9. The fourth-order valence-electron chi connectivity index (χ4n) is 3.11. The summed E-state index contributed by atoms with van der Waals surface area (Å²) in [4.78, 5) is 24.0. The number of aliphatic hydroxyl groups excluding tert-OH is 2. The van der Waals surface area contributed by atoms with Crippen LogP contribution in [0.15, 0.2) is 0 Å². The Morgan fingerprint density at radius 1 is 1.16 bits per heavy atom. The molecule has 7 nitrogen and oxygen atoms in total. The van der Waals surface area contributed by atoms with E-state index < -0.39 is 17.8 Å². The molecular weight excluding hydrogens is 326 g/mol. The largest absolute Gasteiger partial charge is 0.469 e. The highest BCUT2D eigenvalue weighted by Crippen LogP contribution is 2.24. The van der Waals surface area contributed by atoms with Crippen molar-refractivity contribution in [3.63, 3.8) is 0 Å². The van der Waals surface area contributed by atoms with Gasteiger partial charge in [-0.25, -0.2) is 4.79 Å². The van der Waals surface area contributed by atoms with Crippen LogP contribution in [0.3, 0.4) is 0 Å². The average Bonchev–Trinajstić information content (AvgIpc) is 2.95. The summed E-state index contributed by atoms with van der Waals surface area (Å²) >= 11 is 0. The van der Waals surface area contributed by atoms with Crippen LogP contribution in [0, 0.1) is 5.92 Å². The lowest BCUT2D eigenvalue weighted by atomic mass is 9.89. The van der Waals surface area contributed by atoms with Gasteiger partial charge >= 0.3 is 12.1 Å². The zero-order chi connectivity index (χ0) is 19.0. The molecule has 2 N–H and O–H groups in total. The zero-order valence-corrected chi connectivity index (χ0v) is 15.9. The van der Waals surface area contributed by atoms with E-state index in [4.69, 9.17) is 9.84 Å². The molecule has 1 saturated heterocycles. The SMILES string of the molecule is CC(C)(C)OC(=O)N1CC(O)CC1CO.COC(=O)C1CCCCC1. The van der Waals surface area contributed by atoms with Crippen molar-refractivity contribution in [2.75, 3.05) is 20.3 Å². The van der Waals surface area contributed by atoms with Crippen molar-refractivity contribution >= 4 is 12.1 Å². The van der Waals surface area contributed by atoms with Crippen LogP contribution in [-0.4, -0.2) is 65.2 Å². The molecule has 1 aliphatic carbocycles. The van der Waals surface area contributed by atoms with Crippen molar-refractivity contribution in [2.24, 2.45) is 5.92 Å². The molecule has 7 heteroatoms. The summed E-state index contributed by atoms with van der Waals surface area (Å²) in [5.41, 5.74) is -0.551. The number of amides is 1. The first-order valence-electron chi connectivity index (χ1n) is 9.04. The lowest BCUT2D eigenvalue weighted by molar-refractivity contribution is -0.146. The smallest absolute Gasteiger partial charge is 0.410 e. The van der Waals surface area contributed by atoms with E-state index in [-0.39, 0.29) is 31.1 Å². The normalized spacial score (nSPS) is 24.3. The molecule has 0 spiro atoms. The number of rotatable bonds is 2. The van der Waals surface area contributed by atoms with Crippen molar-refractivity contribution in [3.05, 3.63) is 0 Å². The van der Waals surface area contributed by atoms with E-state index in [9.17, 15) is 14.7 Å². The van der Waals surface area contributed by atoms with Gasteiger partial charge in [0.25, 0.3) is 0 Å². The molecule has 2 fully saturated rings. The molecular formula is C18H33NO6. The van der Waals surface area contributed by atoms with Crippen molar-refractivity contribution in [3.8, 4) is 0 Å². The summed E-state index contributed by atoms with van der Waals surface area (Å²) in [5.74, 6) is 0.193. The van der Waals surface area contributed by atoms with Crippen LogP contribution in [0.5, 0.6) is 0 Å². The van der Waals surface area contributed by atoms with Gasteiger partial charge in [-0.05, 0) is 40.0 Å². The molecule has 1 heterocycles. The number of carbonyl (C=O) groups is 2. The Hall–Kier alpha value is -1.34. The van der Waals surface area contributed by atoms with Gasteiger partial charge in [0, 0.05) is 0 Å². The third kappa shape index (κ3) is 7.61. The third-order valence-corrected chi connectivity index (χ3v) is 4.37. The van der Waals surface area contributed by atoms with Gasteiger partial charge in [0.05, 0.1) is 38.3 Å². The Bertz CT molecular complexity index is 428. The molecule has 25 heavy (non-hydrogen) atoms. The maximum atomic E-state index is 11.7. The molecule has 0 aromatic heterocycles. The number of β-amino-alcohol motifs (C(OH)–C–C–N with tert-alkyl or cyclic N) is 1. The molecule has 2 unspecified atom stereocenters. The van der Waals surface area contributed by atoms with Crippen molar-refractivity contribution in [2.45, 2.75) is 77.0 Å². The molecule has 0 radical (unpaired) electrons. The summed E-state index contributed by atoms with van der Waals surface area (Å²) < 4.78 is 9.82. The minimum Gasteiger partial charge on any atom is -0.469 e. The maximum absolute atomic E-state index is 11.7. The maximum Gasteiger partial charge on any atom is 0.410 e. The average molecular weight is 359 g/mol. The molecule has 146 valence electrons. The standard InChI is InChI=1S/C10H19NO4.C8H14O2/c1-10(2,3)15-9(14)11-5-8(13)4-7(11)6-12;1-10-8(9)7-5-3-2-4-6-7/h7-8,12-13H,4-6H2,1-3H3;7H,2-6H2,1H3. The van der Waals surface area contributed by atoms with Crippen molar-refractivity contribution in [1.82, 2.24) is 4.90 Å². The minimum absolute atomic E-state index is 0.0142. The van der Waals surface area contributed by atoms with Crippen LogP contribution in [0.1, 0.15) is 59.3 Å². The fraction of sp³-hybridized carbons (Fsp3) is 0.889. The number of hydrogen-bond acceptors (Lipinski definition) is 6. The van der Waals surface area contributed by atoms with Gasteiger partial charge in [-0.15, -0.1) is 0 Å². The Balaban J connectivity index is 0.000000271. The molecule has 0 bridgehead atoms. The number of ether oxygens (including phenoxy) is 2.